The second-order valence-corrected chi connectivity index (χ2v) is 13.0. The van der Waals surface area contributed by atoms with Gasteiger partial charge >= 0.3 is 0 Å². The molecule has 0 amide bonds. The molecule has 0 spiro atoms. The highest BCUT2D eigenvalue weighted by atomic mass is 28.4. The number of carbonyl (C=O) groups is 1. The number of allylic oxidation sites excluding steroid dienone is 1. The van der Waals surface area contributed by atoms with Gasteiger partial charge in [-0.3, -0.25) is 4.79 Å². The van der Waals surface area contributed by atoms with Gasteiger partial charge in [-0.1, -0.05) is 26.8 Å². The molecule has 0 bridgehead atoms. The summed E-state index contributed by atoms with van der Waals surface area (Å²) in [6, 6.07) is 0. The van der Waals surface area contributed by atoms with Crippen molar-refractivity contribution in [2.45, 2.75) is 70.7 Å². The second-order valence-electron chi connectivity index (χ2n) is 8.20. The Balaban J connectivity index is 2.00. The SMILES string of the molecule is C=CC[C@H]1C(=O)C[C@@H]2C[C@H](O[Si](C)(C)C(C)(C)C)C[C@@H]21. The Hall–Kier alpha value is -0.413. The van der Waals surface area contributed by atoms with Gasteiger partial charge in [-0.05, 0) is 49.2 Å². The molecule has 4 atom stereocenters. The third kappa shape index (κ3) is 2.94. The van der Waals surface area contributed by atoms with Crippen LogP contribution in [-0.2, 0) is 9.22 Å². The number of hydrogen-bond donors (Lipinski definition) is 0. The van der Waals surface area contributed by atoms with Crippen LogP contribution in [0.2, 0.25) is 18.1 Å². The Morgan fingerprint density at radius 2 is 2.00 bits per heavy atom. The van der Waals surface area contributed by atoms with Crippen LogP contribution in [0.1, 0.15) is 46.5 Å². The minimum Gasteiger partial charge on any atom is -0.414 e. The fourth-order valence-electron chi connectivity index (χ4n) is 3.66. The van der Waals surface area contributed by atoms with Crippen molar-refractivity contribution < 1.29 is 9.22 Å². The van der Waals surface area contributed by atoms with Gasteiger partial charge in [0.2, 0.25) is 0 Å². The molecule has 2 aliphatic rings. The van der Waals surface area contributed by atoms with Crippen molar-refractivity contribution in [3.05, 3.63) is 12.7 Å². The molecule has 20 heavy (non-hydrogen) atoms. The molecule has 0 aromatic heterocycles. The number of hydrogen-bond acceptors (Lipinski definition) is 2. The van der Waals surface area contributed by atoms with Gasteiger partial charge in [0.25, 0.3) is 0 Å². The van der Waals surface area contributed by atoms with Gasteiger partial charge in [0.1, 0.15) is 5.78 Å². The maximum absolute atomic E-state index is 12.0. The summed E-state index contributed by atoms with van der Waals surface area (Å²) in [5, 5.41) is 0.265. The topological polar surface area (TPSA) is 26.3 Å². The zero-order valence-electron chi connectivity index (χ0n) is 13.7. The lowest BCUT2D eigenvalue weighted by molar-refractivity contribution is -0.121. The van der Waals surface area contributed by atoms with Gasteiger partial charge < -0.3 is 4.43 Å². The highest BCUT2D eigenvalue weighted by Gasteiger charge is 2.49. The average Bonchev–Trinajstić information content (AvgIpc) is 2.76. The molecule has 0 radical (unpaired) electrons. The first kappa shape index (κ1) is 16.0. The Morgan fingerprint density at radius 1 is 1.35 bits per heavy atom. The molecule has 3 heteroatoms. The molecular weight excluding hydrogens is 264 g/mol. The number of rotatable bonds is 4. The van der Waals surface area contributed by atoms with Crippen LogP contribution in [0.15, 0.2) is 12.7 Å². The first-order valence-corrected chi connectivity index (χ1v) is 10.9. The fraction of sp³-hybridized carbons (Fsp3) is 0.824. The second kappa shape index (κ2) is 5.41. The van der Waals surface area contributed by atoms with Crippen molar-refractivity contribution in [1.29, 1.82) is 0 Å². The predicted octanol–water partition coefficient (Wildman–Crippen LogP) is 4.57. The molecule has 2 rings (SSSR count). The molecule has 0 N–H and O–H groups in total. The van der Waals surface area contributed by atoms with E-state index in [4.69, 9.17) is 4.43 Å². The van der Waals surface area contributed by atoms with E-state index in [1.54, 1.807) is 0 Å². The zero-order chi connectivity index (χ0) is 15.1. The van der Waals surface area contributed by atoms with E-state index < -0.39 is 8.32 Å². The van der Waals surface area contributed by atoms with Crippen LogP contribution in [0.3, 0.4) is 0 Å². The summed E-state index contributed by atoms with van der Waals surface area (Å²) in [6.45, 7) is 15.3. The monoisotopic (exact) mass is 294 g/mol. The lowest BCUT2D eigenvalue weighted by atomic mass is 9.89. The maximum Gasteiger partial charge on any atom is 0.192 e. The molecule has 0 heterocycles. The predicted molar refractivity (Wildman–Crippen MR) is 86.2 cm³/mol. The third-order valence-corrected chi connectivity index (χ3v) is 10.3. The van der Waals surface area contributed by atoms with Gasteiger partial charge in [0, 0.05) is 18.4 Å². The van der Waals surface area contributed by atoms with Crippen LogP contribution >= 0.6 is 0 Å². The number of Topliss-reactive ketones (excluding diaryl/α,β-unsaturated/α-hetero) is 1. The lowest BCUT2D eigenvalue weighted by Gasteiger charge is -2.38. The molecule has 0 saturated heterocycles. The van der Waals surface area contributed by atoms with Gasteiger partial charge in [-0.25, -0.2) is 0 Å². The van der Waals surface area contributed by atoms with Crippen molar-refractivity contribution in [3.63, 3.8) is 0 Å². The molecule has 2 fully saturated rings. The summed E-state index contributed by atoms with van der Waals surface area (Å²) < 4.78 is 6.56. The number of fused-ring (bicyclic) bond motifs is 1. The molecule has 0 aliphatic heterocycles. The summed E-state index contributed by atoms with van der Waals surface area (Å²) in [5.74, 6) is 1.81. The maximum atomic E-state index is 12.0. The smallest absolute Gasteiger partial charge is 0.192 e. The number of ketones is 1. The van der Waals surface area contributed by atoms with Crippen LogP contribution in [0, 0.1) is 17.8 Å². The Kier molecular flexibility index (Phi) is 4.32. The van der Waals surface area contributed by atoms with E-state index in [1.807, 2.05) is 6.08 Å². The quantitative estimate of drug-likeness (QED) is 0.561. The van der Waals surface area contributed by atoms with Crippen LogP contribution < -0.4 is 0 Å². The molecule has 2 saturated carbocycles. The third-order valence-electron chi connectivity index (χ3n) is 5.79. The molecule has 0 unspecified atom stereocenters. The van der Waals surface area contributed by atoms with E-state index in [0.717, 1.165) is 25.7 Å². The minimum absolute atomic E-state index is 0.227. The highest BCUT2D eigenvalue weighted by molar-refractivity contribution is 6.74. The molecule has 2 nitrogen and oxygen atoms in total. The largest absolute Gasteiger partial charge is 0.414 e. The van der Waals surface area contributed by atoms with Crippen molar-refractivity contribution >= 4 is 14.1 Å². The van der Waals surface area contributed by atoms with Crippen molar-refractivity contribution in [2.75, 3.05) is 0 Å². The Labute approximate surface area is 125 Å². The summed E-state index contributed by atoms with van der Waals surface area (Å²) in [6.07, 6.45) is 6.10. The first-order valence-electron chi connectivity index (χ1n) is 7.97. The normalized spacial score (nSPS) is 34.4. The van der Waals surface area contributed by atoms with Crippen LogP contribution in [0.25, 0.3) is 0 Å². The summed E-state index contributed by atoms with van der Waals surface area (Å²) in [4.78, 5) is 12.0. The molecule has 0 aromatic rings. The van der Waals surface area contributed by atoms with E-state index in [-0.39, 0.29) is 11.0 Å². The average molecular weight is 295 g/mol. The molecule has 114 valence electrons. The standard InChI is InChI=1S/C17H30O2Si/c1-7-8-14-15-11-13(9-12(15)10-16(14)18)19-20(5,6)17(2,3)4/h7,12-15H,1,8-11H2,2-6H3/t12-,13-,14+,15-/m0/s1. The molecule has 2 aliphatic carbocycles. The van der Waals surface area contributed by atoms with Crippen LogP contribution in [0.5, 0.6) is 0 Å². The summed E-state index contributed by atoms with van der Waals surface area (Å²) in [7, 11) is -1.68. The fourth-order valence-corrected chi connectivity index (χ4v) is 5.04. The van der Waals surface area contributed by atoms with E-state index in [2.05, 4.69) is 40.4 Å². The van der Waals surface area contributed by atoms with Crippen LogP contribution in [0.4, 0.5) is 0 Å². The Morgan fingerprint density at radius 3 is 2.55 bits per heavy atom. The van der Waals surface area contributed by atoms with E-state index in [0.29, 0.717) is 23.7 Å². The highest BCUT2D eigenvalue weighted by Crippen LogP contribution is 2.49. The van der Waals surface area contributed by atoms with E-state index in [1.165, 1.54) is 0 Å². The van der Waals surface area contributed by atoms with Gasteiger partial charge in [-0.15, -0.1) is 6.58 Å². The van der Waals surface area contributed by atoms with Gasteiger partial charge in [-0.2, -0.15) is 0 Å². The van der Waals surface area contributed by atoms with Crippen molar-refractivity contribution in [3.8, 4) is 0 Å². The molecule has 0 aromatic carbocycles. The van der Waals surface area contributed by atoms with Gasteiger partial charge in [0.15, 0.2) is 8.32 Å². The van der Waals surface area contributed by atoms with E-state index in [9.17, 15) is 4.79 Å². The summed E-state index contributed by atoms with van der Waals surface area (Å²) in [5.41, 5.74) is 0. The van der Waals surface area contributed by atoms with Gasteiger partial charge in [0.05, 0.1) is 0 Å². The van der Waals surface area contributed by atoms with Crippen molar-refractivity contribution in [1.82, 2.24) is 0 Å². The van der Waals surface area contributed by atoms with Crippen LogP contribution in [-0.4, -0.2) is 20.2 Å². The van der Waals surface area contributed by atoms with Crippen molar-refractivity contribution in [2.24, 2.45) is 17.8 Å². The Bertz CT molecular complexity index is 394. The minimum atomic E-state index is -1.68. The van der Waals surface area contributed by atoms with E-state index >= 15 is 0 Å². The first-order chi connectivity index (χ1) is 9.15. The lowest BCUT2D eigenvalue weighted by Crippen LogP contribution is -2.43. The zero-order valence-corrected chi connectivity index (χ0v) is 14.7. The number of carbonyl (C=O) groups excluding carboxylic acids is 1. The summed E-state index contributed by atoms with van der Waals surface area (Å²) >= 11 is 0. The molecular formula is C17H30O2Si.